The first-order valence-corrected chi connectivity index (χ1v) is 10.6. The number of aliphatic hydroxyl groups is 1. The van der Waals surface area contributed by atoms with Crippen LogP contribution in [0.25, 0.3) is 21.8 Å². The van der Waals surface area contributed by atoms with Crippen LogP contribution in [0.1, 0.15) is 20.3 Å². The van der Waals surface area contributed by atoms with Gasteiger partial charge in [-0.15, -0.1) is 0 Å². The zero-order valence-corrected chi connectivity index (χ0v) is 16.8. The fourth-order valence-corrected chi connectivity index (χ4v) is 5.58. The highest BCUT2D eigenvalue weighted by Crippen LogP contribution is 2.34. The number of aromatic nitrogens is 1. The summed E-state index contributed by atoms with van der Waals surface area (Å²) in [4.78, 5) is 0. The standard InChI is InChI=1S/C20H21F2N3O3S/c1-20(2)9-19(23)25(29(20,27)28)11-14(26)10-24-17-5-3-12(21)7-15(17)16-8-13(22)4-6-18(16)24/h3-8,14,23,26H,9-11H2,1-2H3. The Balaban J connectivity index is 1.72. The van der Waals surface area contributed by atoms with Gasteiger partial charge in [0, 0.05) is 28.2 Å². The SMILES string of the molecule is CC1(C)CC(=N)N(CC(O)Cn2c3ccc(F)cc3c3cc(F)ccc32)S1(=O)=O. The van der Waals surface area contributed by atoms with Crippen LogP contribution in [0.2, 0.25) is 0 Å². The first-order chi connectivity index (χ1) is 13.5. The van der Waals surface area contributed by atoms with Crippen LogP contribution in [0, 0.1) is 17.0 Å². The minimum Gasteiger partial charge on any atom is -0.389 e. The summed E-state index contributed by atoms with van der Waals surface area (Å²) in [7, 11) is -3.74. The zero-order valence-electron chi connectivity index (χ0n) is 16.0. The number of hydrogen-bond donors (Lipinski definition) is 2. The molecule has 154 valence electrons. The highest BCUT2D eigenvalue weighted by molar-refractivity contribution is 7.91. The number of nitrogens with one attached hydrogen (secondary N) is 1. The normalized spacial score (nSPS) is 19.3. The Labute approximate surface area is 166 Å². The Morgan fingerprint density at radius 1 is 1.07 bits per heavy atom. The Hall–Kier alpha value is -2.52. The maximum atomic E-state index is 13.8. The van der Waals surface area contributed by atoms with E-state index in [4.69, 9.17) is 5.41 Å². The lowest BCUT2D eigenvalue weighted by Gasteiger charge is -2.24. The molecule has 1 fully saturated rings. The molecule has 2 heterocycles. The van der Waals surface area contributed by atoms with Crippen molar-refractivity contribution in [2.45, 2.75) is 37.7 Å². The molecule has 0 saturated carbocycles. The molecule has 0 amide bonds. The van der Waals surface area contributed by atoms with Crippen molar-refractivity contribution in [1.82, 2.24) is 8.87 Å². The second kappa shape index (κ2) is 6.50. The molecule has 0 bridgehead atoms. The third kappa shape index (κ3) is 3.08. The van der Waals surface area contributed by atoms with Crippen molar-refractivity contribution in [1.29, 1.82) is 5.41 Å². The van der Waals surface area contributed by atoms with Crippen LogP contribution < -0.4 is 0 Å². The molecule has 0 radical (unpaired) electrons. The molecule has 1 aromatic heterocycles. The van der Waals surface area contributed by atoms with E-state index in [9.17, 15) is 22.3 Å². The van der Waals surface area contributed by atoms with Crippen LogP contribution in [0.4, 0.5) is 8.78 Å². The lowest BCUT2D eigenvalue weighted by molar-refractivity contribution is 0.144. The number of sulfonamides is 1. The summed E-state index contributed by atoms with van der Waals surface area (Å²) in [6.45, 7) is 2.86. The van der Waals surface area contributed by atoms with E-state index in [2.05, 4.69) is 0 Å². The second-order valence-electron chi connectivity index (χ2n) is 8.01. The maximum absolute atomic E-state index is 13.8. The Morgan fingerprint density at radius 2 is 1.59 bits per heavy atom. The highest BCUT2D eigenvalue weighted by Gasteiger charge is 2.49. The first-order valence-electron chi connectivity index (χ1n) is 9.16. The van der Waals surface area contributed by atoms with Gasteiger partial charge in [-0.05, 0) is 50.2 Å². The van der Waals surface area contributed by atoms with E-state index >= 15 is 0 Å². The van der Waals surface area contributed by atoms with Gasteiger partial charge < -0.3 is 9.67 Å². The Kier molecular flexibility index (Phi) is 4.43. The van der Waals surface area contributed by atoms with Gasteiger partial charge in [-0.3, -0.25) is 9.71 Å². The van der Waals surface area contributed by atoms with Gasteiger partial charge in [-0.25, -0.2) is 17.2 Å². The maximum Gasteiger partial charge on any atom is 0.241 e. The molecular formula is C20H21F2N3O3S. The first kappa shape index (κ1) is 19.8. The molecule has 1 unspecified atom stereocenters. The number of β-amino-alcohol motifs (C(OH)–C–C–N with tert-alkyl or cyclic N) is 1. The molecule has 1 atom stereocenters. The van der Waals surface area contributed by atoms with Gasteiger partial charge in [-0.2, -0.15) is 0 Å². The third-order valence-corrected chi connectivity index (χ3v) is 7.93. The summed E-state index contributed by atoms with van der Waals surface area (Å²) in [5.41, 5.74) is 1.21. The molecule has 29 heavy (non-hydrogen) atoms. The van der Waals surface area contributed by atoms with Crippen molar-refractivity contribution in [3.8, 4) is 0 Å². The van der Waals surface area contributed by atoms with E-state index in [1.807, 2.05) is 0 Å². The van der Waals surface area contributed by atoms with E-state index in [-0.39, 0.29) is 25.3 Å². The average molecular weight is 421 g/mol. The summed E-state index contributed by atoms with van der Waals surface area (Å²) in [6.07, 6.45) is -1.04. The summed E-state index contributed by atoms with van der Waals surface area (Å²) in [6, 6.07) is 8.28. The Morgan fingerprint density at radius 3 is 2.03 bits per heavy atom. The molecule has 1 aliphatic heterocycles. The van der Waals surface area contributed by atoms with Crippen LogP contribution in [-0.4, -0.2) is 45.6 Å². The summed E-state index contributed by atoms with van der Waals surface area (Å²) < 4.78 is 54.4. The van der Waals surface area contributed by atoms with Crippen LogP contribution >= 0.6 is 0 Å². The Bertz CT molecular complexity index is 1190. The van der Waals surface area contributed by atoms with Gasteiger partial charge in [0.05, 0.1) is 23.9 Å². The van der Waals surface area contributed by atoms with Crippen LogP contribution in [-0.2, 0) is 16.6 Å². The molecule has 2 aromatic carbocycles. The lowest BCUT2D eigenvalue weighted by Crippen LogP contribution is -2.41. The summed E-state index contributed by atoms with van der Waals surface area (Å²) >= 11 is 0. The molecular weight excluding hydrogens is 400 g/mol. The van der Waals surface area contributed by atoms with E-state index in [0.29, 0.717) is 21.8 Å². The third-order valence-electron chi connectivity index (χ3n) is 5.44. The van der Waals surface area contributed by atoms with Crippen molar-refractivity contribution in [2.24, 2.45) is 0 Å². The second-order valence-corrected chi connectivity index (χ2v) is 10.5. The largest absolute Gasteiger partial charge is 0.389 e. The summed E-state index contributed by atoms with van der Waals surface area (Å²) in [5, 5.41) is 19.7. The number of amidine groups is 1. The topological polar surface area (TPSA) is 86.4 Å². The van der Waals surface area contributed by atoms with Crippen LogP contribution in [0.3, 0.4) is 0 Å². The van der Waals surface area contributed by atoms with Gasteiger partial charge >= 0.3 is 0 Å². The average Bonchev–Trinajstić information content (AvgIpc) is 2.98. The van der Waals surface area contributed by atoms with Gasteiger partial charge in [0.25, 0.3) is 0 Å². The molecule has 3 aromatic rings. The molecule has 4 rings (SSSR count). The zero-order chi connectivity index (χ0) is 21.1. The number of hydrogen-bond acceptors (Lipinski definition) is 4. The molecule has 1 aliphatic rings. The summed E-state index contributed by atoms with van der Waals surface area (Å²) in [5.74, 6) is -0.971. The monoisotopic (exact) mass is 421 g/mol. The molecule has 0 aliphatic carbocycles. The van der Waals surface area contributed by atoms with Gasteiger partial charge in [0.15, 0.2) is 0 Å². The van der Waals surface area contributed by atoms with Crippen molar-refractivity contribution in [2.75, 3.05) is 6.54 Å². The number of nitrogens with zero attached hydrogens (tertiary/aromatic N) is 2. The predicted octanol–water partition coefficient (Wildman–Crippen LogP) is 3.22. The smallest absolute Gasteiger partial charge is 0.241 e. The van der Waals surface area contributed by atoms with E-state index in [1.165, 1.54) is 24.3 Å². The predicted molar refractivity (Wildman–Crippen MR) is 107 cm³/mol. The number of benzene rings is 2. The molecule has 1 saturated heterocycles. The lowest BCUT2D eigenvalue weighted by atomic mass is 10.1. The molecule has 2 N–H and O–H groups in total. The van der Waals surface area contributed by atoms with Crippen LogP contribution in [0.5, 0.6) is 0 Å². The quantitative estimate of drug-likeness (QED) is 0.678. The number of fused-ring (bicyclic) bond motifs is 3. The van der Waals surface area contributed by atoms with E-state index in [1.54, 1.807) is 30.5 Å². The fourth-order valence-electron chi connectivity index (χ4n) is 3.94. The van der Waals surface area contributed by atoms with E-state index in [0.717, 1.165) is 4.31 Å². The number of rotatable bonds is 4. The molecule has 6 nitrogen and oxygen atoms in total. The fraction of sp³-hybridized carbons (Fsp3) is 0.350. The minimum absolute atomic E-state index is 0.0109. The van der Waals surface area contributed by atoms with Crippen LogP contribution in [0.15, 0.2) is 36.4 Å². The van der Waals surface area contributed by atoms with Crippen molar-refractivity contribution in [3.05, 3.63) is 48.0 Å². The van der Waals surface area contributed by atoms with Crippen molar-refractivity contribution in [3.63, 3.8) is 0 Å². The van der Waals surface area contributed by atoms with Gasteiger partial charge in [0.1, 0.15) is 17.5 Å². The molecule has 0 spiro atoms. The van der Waals surface area contributed by atoms with Crippen molar-refractivity contribution < 1.29 is 22.3 Å². The van der Waals surface area contributed by atoms with Gasteiger partial charge in [-0.1, -0.05) is 0 Å². The van der Waals surface area contributed by atoms with E-state index < -0.39 is 32.5 Å². The molecule has 9 heteroatoms. The highest BCUT2D eigenvalue weighted by atomic mass is 32.2. The number of halogens is 2. The van der Waals surface area contributed by atoms with Gasteiger partial charge in [0.2, 0.25) is 10.0 Å². The minimum atomic E-state index is -3.74. The van der Waals surface area contributed by atoms with Crippen molar-refractivity contribution >= 4 is 37.7 Å². The number of aliphatic hydroxyl groups excluding tert-OH is 1.